The van der Waals surface area contributed by atoms with Gasteiger partial charge in [-0.1, -0.05) is 11.6 Å². The molecule has 0 unspecified atom stereocenters. The Balaban J connectivity index is 1.77. The van der Waals surface area contributed by atoms with Gasteiger partial charge in [0.1, 0.15) is 23.8 Å². The third-order valence-corrected chi connectivity index (χ3v) is 4.86. The number of pyridine rings is 1. The molecule has 3 heterocycles. The van der Waals surface area contributed by atoms with Crippen molar-refractivity contribution in [3.8, 4) is 6.07 Å². The number of aryl methyl sites for hydroxylation is 1. The quantitative estimate of drug-likeness (QED) is 0.920. The van der Waals surface area contributed by atoms with Crippen molar-refractivity contribution in [3.05, 3.63) is 40.6 Å². The smallest absolute Gasteiger partial charge is 0.144 e. The molecule has 1 fully saturated rings. The number of aromatic nitrogens is 3. The Morgan fingerprint density at radius 3 is 3.04 bits per heavy atom. The average molecular weight is 346 g/mol. The second kappa shape index (κ2) is 7.20. The first-order chi connectivity index (χ1) is 11.6. The van der Waals surface area contributed by atoms with Crippen LogP contribution in [0, 0.1) is 24.2 Å². The monoisotopic (exact) mass is 345 g/mol. The molecule has 0 bridgehead atoms. The van der Waals surface area contributed by atoms with Crippen molar-refractivity contribution >= 4 is 17.4 Å². The van der Waals surface area contributed by atoms with Gasteiger partial charge in [-0.2, -0.15) is 5.26 Å². The van der Waals surface area contributed by atoms with Crippen molar-refractivity contribution in [1.29, 1.82) is 5.26 Å². The molecule has 0 aliphatic carbocycles. The average Bonchev–Trinajstić information content (AvgIpc) is 3.02. The SMILES string of the molecule is Cc1c(Cl)cnc(NC[C@@H]2CCCO[C@H]2c2nccn2C)c1C#N. The van der Waals surface area contributed by atoms with Gasteiger partial charge in [0.25, 0.3) is 0 Å². The van der Waals surface area contributed by atoms with Gasteiger partial charge in [0.15, 0.2) is 0 Å². The first-order valence-electron chi connectivity index (χ1n) is 7.99. The third kappa shape index (κ3) is 3.23. The largest absolute Gasteiger partial charge is 0.370 e. The summed E-state index contributed by atoms with van der Waals surface area (Å²) in [4.78, 5) is 8.70. The molecule has 1 N–H and O–H groups in total. The highest BCUT2D eigenvalue weighted by molar-refractivity contribution is 6.31. The molecule has 2 aromatic rings. The minimum absolute atomic E-state index is 0.0508. The van der Waals surface area contributed by atoms with Crippen LogP contribution >= 0.6 is 11.6 Å². The van der Waals surface area contributed by atoms with Gasteiger partial charge >= 0.3 is 0 Å². The minimum atomic E-state index is -0.0508. The zero-order chi connectivity index (χ0) is 17.1. The van der Waals surface area contributed by atoms with Crippen LogP contribution in [0.25, 0.3) is 0 Å². The summed E-state index contributed by atoms with van der Waals surface area (Å²) in [6.07, 6.45) is 7.30. The molecule has 3 rings (SSSR count). The Kier molecular flexibility index (Phi) is 5.03. The Labute approximate surface area is 146 Å². The maximum atomic E-state index is 9.37. The molecule has 0 saturated carbocycles. The van der Waals surface area contributed by atoms with Crippen LogP contribution in [0.15, 0.2) is 18.6 Å². The topological polar surface area (TPSA) is 75.8 Å². The number of nitrogens with zero attached hydrogens (tertiary/aromatic N) is 4. The van der Waals surface area contributed by atoms with Gasteiger partial charge in [0.05, 0.1) is 10.6 Å². The summed E-state index contributed by atoms with van der Waals surface area (Å²) in [5, 5.41) is 13.2. The lowest BCUT2D eigenvalue weighted by molar-refractivity contribution is -0.0305. The molecule has 2 aromatic heterocycles. The van der Waals surface area contributed by atoms with E-state index in [1.165, 1.54) is 0 Å². The number of hydrogen-bond acceptors (Lipinski definition) is 5. The van der Waals surface area contributed by atoms with E-state index in [0.29, 0.717) is 22.9 Å². The molecule has 126 valence electrons. The van der Waals surface area contributed by atoms with E-state index in [-0.39, 0.29) is 12.0 Å². The van der Waals surface area contributed by atoms with E-state index in [2.05, 4.69) is 21.4 Å². The van der Waals surface area contributed by atoms with E-state index >= 15 is 0 Å². The zero-order valence-electron chi connectivity index (χ0n) is 13.8. The number of nitriles is 1. The second-order valence-electron chi connectivity index (χ2n) is 6.04. The standard InChI is InChI=1S/C17H20ClN5O/c1-11-13(8-19)16(22-10-14(11)18)21-9-12-4-3-7-24-15(12)17-20-5-6-23(17)2/h5-6,10,12,15H,3-4,7,9H2,1-2H3,(H,21,22)/t12-,15+/m0/s1. The van der Waals surface area contributed by atoms with Crippen molar-refractivity contribution in [2.75, 3.05) is 18.5 Å². The zero-order valence-corrected chi connectivity index (χ0v) is 14.5. The highest BCUT2D eigenvalue weighted by atomic mass is 35.5. The molecule has 1 aliphatic heterocycles. The maximum absolute atomic E-state index is 9.37. The number of rotatable bonds is 4. The molecule has 1 saturated heterocycles. The number of ether oxygens (including phenoxy) is 1. The summed E-state index contributed by atoms with van der Waals surface area (Å²) in [5.41, 5.74) is 1.24. The highest BCUT2D eigenvalue weighted by Crippen LogP contribution is 2.33. The van der Waals surface area contributed by atoms with E-state index in [1.54, 1.807) is 12.4 Å². The predicted octanol–water partition coefficient (Wildman–Crippen LogP) is 3.23. The number of imidazole rings is 1. The first kappa shape index (κ1) is 16.7. The van der Waals surface area contributed by atoms with E-state index in [1.807, 2.05) is 24.7 Å². The lowest BCUT2D eigenvalue weighted by Gasteiger charge is -2.31. The first-order valence-corrected chi connectivity index (χ1v) is 8.37. The van der Waals surface area contributed by atoms with Crippen molar-refractivity contribution in [3.63, 3.8) is 0 Å². The third-order valence-electron chi connectivity index (χ3n) is 4.48. The van der Waals surface area contributed by atoms with Gasteiger partial charge in [-0.15, -0.1) is 0 Å². The van der Waals surface area contributed by atoms with Gasteiger partial charge in [-0.05, 0) is 25.3 Å². The van der Waals surface area contributed by atoms with Crippen LogP contribution in [0.1, 0.15) is 35.9 Å². The number of halogens is 1. The molecular formula is C17H20ClN5O. The van der Waals surface area contributed by atoms with Crippen LogP contribution in [0.4, 0.5) is 5.82 Å². The van der Waals surface area contributed by atoms with Crippen molar-refractivity contribution in [2.45, 2.75) is 25.9 Å². The molecule has 0 amide bonds. The molecular weight excluding hydrogens is 326 g/mol. The fourth-order valence-electron chi connectivity index (χ4n) is 3.07. The van der Waals surface area contributed by atoms with E-state index < -0.39 is 0 Å². The summed E-state index contributed by atoms with van der Waals surface area (Å²) < 4.78 is 7.97. The van der Waals surface area contributed by atoms with Gasteiger partial charge in [-0.25, -0.2) is 9.97 Å². The lowest BCUT2D eigenvalue weighted by Crippen LogP contribution is -2.30. The van der Waals surface area contributed by atoms with Crippen LogP contribution < -0.4 is 5.32 Å². The van der Waals surface area contributed by atoms with Gasteiger partial charge in [0, 0.05) is 44.7 Å². The molecule has 0 radical (unpaired) electrons. The van der Waals surface area contributed by atoms with Crippen molar-refractivity contribution < 1.29 is 4.74 Å². The number of anilines is 1. The Morgan fingerprint density at radius 1 is 1.50 bits per heavy atom. The van der Waals surface area contributed by atoms with Crippen LogP contribution in [0.2, 0.25) is 5.02 Å². The van der Waals surface area contributed by atoms with Gasteiger partial charge < -0.3 is 14.6 Å². The van der Waals surface area contributed by atoms with E-state index in [0.717, 1.165) is 30.8 Å². The maximum Gasteiger partial charge on any atom is 0.144 e. The Bertz CT molecular complexity index is 767. The Hall–Kier alpha value is -2.10. The minimum Gasteiger partial charge on any atom is -0.370 e. The summed E-state index contributed by atoms with van der Waals surface area (Å²) in [5.74, 6) is 1.77. The highest BCUT2D eigenvalue weighted by Gasteiger charge is 2.30. The fourth-order valence-corrected chi connectivity index (χ4v) is 3.21. The van der Waals surface area contributed by atoms with Crippen molar-refractivity contribution in [1.82, 2.24) is 14.5 Å². The number of nitrogens with one attached hydrogen (secondary N) is 1. The van der Waals surface area contributed by atoms with Crippen LogP contribution in [-0.4, -0.2) is 27.7 Å². The fraction of sp³-hybridized carbons (Fsp3) is 0.471. The molecule has 6 nitrogen and oxygen atoms in total. The molecule has 2 atom stereocenters. The van der Waals surface area contributed by atoms with Crippen molar-refractivity contribution in [2.24, 2.45) is 13.0 Å². The number of hydrogen-bond donors (Lipinski definition) is 1. The lowest BCUT2D eigenvalue weighted by atomic mass is 9.93. The molecule has 24 heavy (non-hydrogen) atoms. The summed E-state index contributed by atoms with van der Waals surface area (Å²) in [6, 6.07) is 2.18. The second-order valence-corrected chi connectivity index (χ2v) is 6.44. The predicted molar refractivity (Wildman–Crippen MR) is 91.8 cm³/mol. The molecule has 0 spiro atoms. The van der Waals surface area contributed by atoms with Crippen LogP contribution in [0.5, 0.6) is 0 Å². The van der Waals surface area contributed by atoms with E-state index in [4.69, 9.17) is 16.3 Å². The molecule has 7 heteroatoms. The normalized spacial score (nSPS) is 20.6. The van der Waals surface area contributed by atoms with Crippen LogP contribution in [-0.2, 0) is 11.8 Å². The summed E-state index contributed by atoms with van der Waals surface area (Å²) >= 11 is 6.05. The Morgan fingerprint density at radius 2 is 2.33 bits per heavy atom. The van der Waals surface area contributed by atoms with Crippen LogP contribution in [0.3, 0.4) is 0 Å². The summed E-state index contributed by atoms with van der Waals surface area (Å²) in [6.45, 7) is 3.24. The molecule has 1 aliphatic rings. The summed E-state index contributed by atoms with van der Waals surface area (Å²) in [7, 11) is 1.97. The van der Waals surface area contributed by atoms with Gasteiger partial charge in [0.2, 0.25) is 0 Å². The van der Waals surface area contributed by atoms with Gasteiger partial charge in [-0.3, -0.25) is 0 Å². The molecule has 0 aromatic carbocycles. The van der Waals surface area contributed by atoms with E-state index in [9.17, 15) is 5.26 Å².